The van der Waals surface area contributed by atoms with Gasteiger partial charge in [0.25, 0.3) is 5.89 Å². The summed E-state index contributed by atoms with van der Waals surface area (Å²) < 4.78 is 16.5. The van der Waals surface area contributed by atoms with Crippen molar-refractivity contribution in [3.8, 4) is 0 Å². The quantitative estimate of drug-likeness (QED) is 0.841. The van der Waals surface area contributed by atoms with E-state index in [1.54, 1.807) is 7.11 Å². The van der Waals surface area contributed by atoms with Crippen LogP contribution in [0, 0.1) is 5.92 Å². The molecule has 1 aromatic heterocycles. The summed E-state index contributed by atoms with van der Waals surface area (Å²) in [5.41, 5.74) is 0. The van der Waals surface area contributed by atoms with Crippen LogP contribution in [0.2, 0.25) is 0 Å². The van der Waals surface area contributed by atoms with Gasteiger partial charge in [0.05, 0.1) is 6.10 Å². The van der Waals surface area contributed by atoms with Gasteiger partial charge in [-0.1, -0.05) is 5.16 Å². The third kappa shape index (κ3) is 3.32. The predicted molar refractivity (Wildman–Crippen MR) is 67.5 cm³/mol. The number of nitrogens with zero attached hydrogens (tertiary/aromatic N) is 2. The monoisotopic (exact) mass is 267 g/mol. The van der Waals surface area contributed by atoms with Crippen LogP contribution < -0.4 is 5.32 Å². The Balaban J connectivity index is 1.52. The highest BCUT2D eigenvalue weighted by atomic mass is 16.5. The van der Waals surface area contributed by atoms with Crippen molar-refractivity contribution in [3.63, 3.8) is 0 Å². The molecule has 1 saturated heterocycles. The van der Waals surface area contributed by atoms with E-state index in [0.29, 0.717) is 30.3 Å². The number of rotatable bonds is 6. The summed E-state index contributed by atoms with van der Waals surface area (Å²) >= 11 is 0. The lowest BCUT2D eigenvalue weighted by Crippen LogP contribution is -2.32. The first-order valence-electron chi connectivity index (χ1n) is 7.04. The molecule has 1 atom stereocenters. The number of methoxy groups -OCH3 is 1. The van der Waals surface area contributed by atoms with Gasteiger partial charge in [-0.25, -0.2) is 0 Å². The summed E-state index contributed by atoms with van der Waals surface area (Å²) in [5.74, 6) is 1.77. The molecule has 6 heteroatoms. The topological polar surface area (TPSA) is 69.4 Å². The summed E-state index contributed by atoms with van der Waals surface area (Å²) in [5, 5.41) is 7.32. The molecule has 1 unspecified atom stereocenters. The van der Waals surface area contributed by atoms with Crippen LogP contribution in [0.5, 0.6) is 0 Å². The van der Waals surface area contributed by atoms with E-state index in [1.165, 1.54) is 12.8 Å². The average Bonchev–Trinajstić information content (AvgIpc) is 3.17. The van der Waals surface area contributed by atoms with E-state index in [9.17, 15) is 0 Å². The normalized spacial score (nSPS) is 22.6. The summed E-state index contributed by atoms with van der Waals surface area (Å²) in [6, 6.07) is 0. The molecule has 0 radical (unpaired) electrons. The van der Waals surface area contributed by atoms with Crippen LogP contribution >= 0.6 is 0 Å². The molecule has 106 valence electrons. The average molecular weight is 267 g/mol. The first-order valence-corrected chi connectivity index (χ1v) is 7.04. The maximum Gasteiger partial charge on any atom is 0.252 e. The van der Waals surface area contributed by atoms with Crippen LogP contribution in [0.4, 0.5) is 0 Å². The number of ether oxygens (including phenoxy) is 2. The van der Waals surface area contributed by atoms with Crippen LogP contribution in [-0.2, 0) is 16.1 Å². The molecule has 6 nitrogen and oxygen atoms in total. The van der Waals surface area contributed by atoms with Gasteiger partial charge < -0.3 is 19.3 Å². The van der Waals surface area contributed by atoms with E-state index >= 15 is 0 Å². The van der Waals surface area contributed by atoms with Gasteiger partial charge in [-0.05, 0) is 44.7 Å². The lowest BCUT2D eigenvalue weighted by atomic mass is 10.1. The number of hydrogen-bond donors (Lipinski definition) is 1. The van der Waals surface area contributed by atoms with E-state index in [2.05, 4.69) is 15.5 Å². The third-order valence-corrected chi connectivity index (χ3v) is 3.77. The highest BCUT2D eigenvalue weighted by Crippen LogP contribution is 2.41. The second kappa shape index (κ2) is 5.98. The molecule has 1 aliphatic heterocycles. The molecule has 1 N–H and O–H groups in total. The molecule has 2 fully saturated rings. The first kappa shape index (κ1) is 13.0. The number of nitrogens with one attached hydrogen (secondary N) is 1. The standard InChI is InChI=1S/C13H21N3O3/c1-17-12(9-2-3-9)13-15-11(19-16-13)8-18-10-4-6-14-7-5-10/h9-10,12,14H,2-8H2,1H3. The minimum atomic E-state index is -0.0172. The summed E-state index contributed by atoms with van der Waals surface area (Å²) in [7, 11) is 1.70. The number of aromatic nitrogens is 2. The molecule has 0 bridgehead atoms. The van der Waals surface area contributed by atoms with Gasteiger partial charge in [0.1, 0.15) is 12.7 Å². The predicted octanol–water partition coefficient (Wildman–Crippen LogP) is 1.44. The van der Waals surface area contributed by atoms with Crippen molar-refractivity contribution in [2.24, 2.45) is 5.92 Å². The lowest BCUT2D eigenvalue weighted by Gasteiger charge is -2.21. The molecule has 19 heavy (non-hydrogen) atoms. The zero-order chi connectivity index (χ0) is 13.1. The molecular formula is C13H21N3O3. The zero-order valence-corrected chi connectivity index (χ0v) is 11.3. The Kier molecular flexibility index (Phi) is 4.10. The second-order valence-corrected chi connectivity index (χ2v) is 5.30. The molecule has 3 rings (SSSR count). The van der Waals surface area contributed by atoms with Gasteiger partial charge >= 0.3 is 0 Å². The van der Waals surface area contributed by atoms with Gasteiger partial charge in [-0.15, -0.1) is 0 Å². The highest BCUT2D eigenvalue weighted by Gasteiger charge is 2.35. The Labute approximate surface area is 112 Å². The summed E-state index contributed by atoms with van der Waals surface area (Å²) in [6.45, 7) is 2.44. The minimum absolute atomic E-state index is 0.0172. The van der Waals surface area contributed by atoms with Crippen molar-refractivity contribution in [1.29, 1.82) is 0 Å². The molecule has 2 heterocycles. The van der Waals surface area contributed by atoms with E-state index in [1.807, 2.05) is 0 Å². The molecular weight excluding hydrogens is 246 g/mol. The number of piperidine rings is 1. The fourth-order valence-corrected chi connectivity index (χ4v) is 2.50. The largest absolute Gasteiger partial charge is 0.373 e. The van der Waals surface area contributed by atoms with E-state index < -0.39 is 0 Å². The SMILES string of the molecule is COC(c1noc(COC2CCNCC2)n1)C1CC1. The molecule has 0 aromatic carbocycles. The summed E-state index contributed by atoms with van der Waals surface area (Å²) in [4.78, 5) is 4.38. The van der Waals surface area contributed by atoms with Crippen LogP contribution in [0.3, 0.4) is 0 Å². The lowest BCUT2D eigenvalue weighted by molar-refractivity contribution is 0.00858. The maximum absolute atomic E-state index is 5.79. The van der Waals surface area contributed by atoms with Gasteiger partial charge in [-0.3, -0.25) is 0 Å². The van der Waals surface area contributed by atoms with Crippen molar-refractivity contribution in [2.75, 3.05) is 20.2 Å². The smallest absolute Gasteiger partial charge is 0.252 e. The van der Waals surface area contributed by atoms with Crippen molar-refractivity contribution < 1.29 is 14.0 Å². The van der Waals surface area contributed by atoms with Gasteiger partial charge in [-0.2, -0.15) is 4.98 Å². The van der Waals surface area contributed by atoms with Crippen LogP contribution in [0.1, 0.15) is 43.5 Å². The van der Waals surface area contributed by atoms with Crippen molar-refractivity contribution >= 4 is 0 Å². The molecule has 0 amide bonds. The molecule has 1 aromatic rings. The fourth-order valence-electron chi connectivity index (χ4n) is 2.50. The van der Waals surface area contributed by atoms with Crippen molar-refractivity contribution in [1.82, 2.24) is 15.5 Å². The Morgan fingerprint density at radius 2 is 2.11 bits per heavy atom. The second-order valence-electron chi connectivity index (χ2n) is 5.30. The molecule has 1 saturated carbocycles. The first-order chi connectivity index (χ1) is 9.36. The Bertz CT molecular complexity index is 400. The third-order valence-electron chi connectivity index (χ3n) is 3.77. The van der Waals surface area contributed by atoms with Crippen LogP contribution in [0.15, 0.2) is 4.52 Å². The Hall–Kier alpha value is -0.980. The number of hydrogen-bond acceptors (Lipinski definition) is 6. The Morgan fingerprint density at radius 1 is 1.32 bits per heavy atom. The van der Waals surface area contributed by atoms with Gasteiger partial charge in [0.15, 0.2) is 0 Å². The maximum atomic E-state index is 5.79. The minimum Gasteiger partial charge on any atom is -0.373 e. The Morgan fingerprint density at radius 3 is 2.79 bits per heavy atom. The zero-order valence-electron chi connectivity index (χ0n) is 11.3. The van der Waals surface area contributed by atoms with Crippen molar-refractivity contribution in [2.45, 2.75) is 44.5 Å². The molecule has 0 spiro atoms. The van der Waals surface area contributed by atoms with Crippen molar-refractivity contribution in [3.05, 3.63) is 11.7 Å². The van der Waals surface area contributed by atoms with Crippen LogP contribution in [-0.4, -0.2) is 36.4 Å². The van der Waals surface area contributed by atoms with E-state index in [-0.39, 0.29) is 6.10 Å². The van der Waals surface area contributed by atoms with Gasteiger partial charge in [0, 0.05) is 7.11 Å². The molecule has 2 aliphatic rings. The van der Waals surface area contributed by atoms with E-state index in [4.69, 9.17) is 14.0 Å². The van der Waals surface area contributed by atoms with E-state index in [0.717, 1.165) is 25.9 Å². The fraction of sp³-hybridized carbons (Fsp3) is 0.846. The summed E-state index contributed by atoms with van der Waals surface area (Å²) in [6.07, 6.45) is 4.75. The van der Waals surface area contributed by atoms with Gasteiger partial charge in [0.2, 0.25) is 5.82 Å². The molecule has 1 aliphatic carbocycles. The highest BCUT2D eigenvalue weighted by molar-refractivity contribution is 4.97. The van der Waals surface area contributed by atoms with Crippen LogP contribution in [0.25, 0.3) is 0 Å².